The third-order valence-corrected chi connectivity index (χ3v) is 6.84. The fourth-order valence-corrected chi connectivity index (χ4v) is 5.08. The quantitative estimate of drug-likeness (QED) is 0.146. The first kappa shape index (κ1) is 23.5. The highest BCUT2D eigenvalue weighted by atomic mass is 79.9. The van der Waals surface area contributed by atoms with Gasteiger partial charge in [0.25, 0.3) is 23.4 Å². The molecule has 4 aromatic rings. The lowest BCUT2D eigenvalue weighted by Crippen LogP contribution is -2.41. The van der Waals surface area contributed by atoms with E-state index in [1.54, 1.807) is 18.2 Å². The van der Waals surface area contributed by atoms with E-state index in [1.165, 1.54) is 53.9 Å². The summed E-state index contributed by atoms with van der Waals surface area (Å²) in [6.45, 7) is -0.538. The van der Waals surface area contributed by atoms with E-state index in [9.17, 15) is 24.5 Å². The van der Waals surface area contributed by atoms with Crippen LogP contribution in [0.25, 0.3) is 10.2 Å². The van der Waals surface area contributed by atoms with E-state index in [-0.39, 0.29) is 21.9 Å². The van der Waals surface area contributed by atoms with Gasteiger partial charge in [0.1, 0.15) is 6.54 Å². The molecule has 0 saturated carbocycles. The number of anilines is 1. The molecule has 3 aromatic carbocycles. The van der Waals surface area contributed by atoms with Gasteiger partial charge in [-0.1, -0.05) is 39.4 Å². The van der Waals surface area contributed by atoms with E-state index in [0.29, 0.717) is 11.1 Å². The van der Waals surface area contributed by atoms with Gasteiger partial charge in [-0.15, -0.1) is 0 Å². The summed E-state index contributed by atoms with van der Waals surface area (Å²) >= 11 is 4.62. The number of carbonyl (C=O) groups is 3. The summed E-state index contributed by atoms with van der Waals surface area (Å²) in [5, 5.41) is 16.5. The van der Waals surface area contributed by atoms with E-state index in [1.807, 2.05) is 12.1 Å². The third-order valence-electron chi connectivity index (χ3n) is 5.35. The standard InChI is InChI=1S/C24H14BrN5O5S/c25-15-7-10-19-20(11-15)36-24(27-19)29(26-12-14-5-8-16(9-6-14)30(34)35)21(31)13-28-22(32)17-3-1-2-4-18(17)23(28)33/h1-12H,13H2/b26-12+. The van der Waals surface area contributed by atoms with Gasteiger partial charge in [0, 0.05) is 16.6 Å². The maximum Gasteiger partial charge on any atom is 0.269 e. The summed E-state index contributed by atoms with van der Waals surface area (Å²) in [7, 11) is 0. The van der Waals surface area contributed by atoms with Crippen LogP contribution in [0.2, 0.25) is 0 Å². The van der Waals surface area contributed by atoms with Gasteiger partial charge in [-0.3, -0.25) is 29.4 Å². The number of aromatic nitrogens is 1. The van der Waals surface area contributed by atoms with E-state index < -0.39 is 29.2 Å². The van der Waals surface area contributed by atoms with Crippen molar-refractivity contribution in [1.29, 1.82) is 0 Å². The van der Waals surface area contributed by atoms with Gasteiger partial charge < -0.3 is 0 Å². The molecule has 36 heavy (non-hydrogen) atoms. The lowest BCUT2D eigenvalue weighted by molar-refractivity contribution is -0.384. The average Bonchev–Trinajstić information content (AvgIpc) is 3.39. The maximum absolute atomic E-state index is 13.4. The van der Waals surface area contributed by atoms with Gasteiger partial charge in [0.2, 0.25) is 5.13 Å². The monoisotopic (exact) mass is 563 g/mol. The second-order valence-corrected chi connectivity index (χ2v) is 9.57. The molecule has 0 radical (unpaired) electrons. The van der Waals surface area contributed by atoms with Crippen molar-refractivity contribution in [2.45, 2.75) is 0 Å². The zero-order chi connectivity index (χ0) is 25.4. The van der Waals surface area contributed by atoms with Crippen LogP contribution in [-0.4, -0.2) is 45.3 Å². The van der Waals surface area contributed by atoms with Gasteiger partial charge in [-0.2, -0.15) is 10.1 Å². The van der Waals surface area contributed by atoms with E-state index >= 15 is 0 Å². The summed E-state index contributed by atoms with van der Waals surface area (Å²) in [5.74, 6) is -1.77. The Morgan fingerprint density at radius 2 is 1.75 bits per heavy atom. The number of fused-ring (bicyclic) bond motifs is 2. The van der Waals surface area contributed by atoms with Crippen molar-refractivity contribution in [3.8, 4) is 0 Å². The Kier molecular flexibility index (Phi) is 6.12. The van der Waals surface area contributed by atoms with Crippen molar-refractivity contribution in [3.63, 3.8) is 0 Å². The van der Waals surface area contributed by atoms with Gasteiger partial charge in [0.05, 0.1) is 32.5 Å². The maximum atomic E-state index is 13.4. The first-order chi connectivity index (χ1) is 17.3. The Labute approximate surface area is 215 Å². The molecular formula is C24H14BrN5O5S. The number of halogens is 1. The average molecular weight is 564 g/mol. The number of hydrogen-bond acceptors (Lipinski definition) is 8. The van der Waals surface area contributed by atoms with E-state index in [4.69, 9.17) is 0 Å². The van der Waals surface area contributed by atoms with Crippen LogP contribution >= 0.6 is 27.3 Å². The number of rotatable bonds is 6. The number of imide groups is 1. The summed E-state index contributed by atoms with van der Waals surface area (Å²) in [6, 6.07) is 17.4. The Morgan fingerprint density at radius 1 is 1.08 bits per heavy atom. The summed E-state index contributed by atoms with van der Waals surface area (Å²) in [5.41, 5.74) is 1.54. The van der Waals surface area contributed by atoms with Crippen LogP contribution in [0, 0.1) is 10.1 Å². The van der Waals surface area contributed by atoms with Crippen molar-refractivity contribution in [3.05, 3.63) is 98.0 Å². The first-order valence-electron chi connectivity index (χ1n) is 10.4. The zero-order valence-corrected chi connectivity index (χ0v) is 20.6. The van der Waals surface area contributed by atoms with Crippen LogP contribution in [0.15, 0.2) is 76.3 Å². The minimum Gasteiger partial charge on any atom is -0.270 e. The molecule has 1 aliphatic rings. The van der Waals surface area contributed by atoms with Crippen molar-refractivity contribution in [1.82, 2.24) is 9.88 Å². The molecule has 3 amide bonds. The minimum absolute atomic E-state index is 0.0811. The number of amides is 3. The van der Waals surface area contributed by atoms with Gasteiger partial charge >= 0.3 is 0 Å². The van der Waals surface area contributed by atoms with Crippen LogP contribution in [0.4, 0.5) is 10.8 Å². The molecule has 0 bridgehead atoms. The number of hydrazone groups is 1. The molecular weight excluding hydrogens is 550 g/mol. The number of benzene rings is 3. The number of nitro benzene ring substituents is 1. The number of thiazole rings is 1. The Morgan fingerprint density at radius 3 is 2.39 bits per heavy atom. The molecule has 0 saturated heterocycles. The zero-order valence-electron chi connectivity index (χ0n) is 18.2. The van der Waals surface area contributed by atoms with E-state index in [2.05, 4.69) is 26.0 Å². The molecule has 10 nitrogen and oxygen atoms in total. The van der Waals surface area contributed by atoms with Crippen LogP contribution in [0.1, 0.15) is 26.3 Å². The van der Waals surface area contributed by atoms with Crippen molar-refractivity contribution < 1.29 is 19.3 Å². The van der Waals surface area contributed by atoms with Gasteiger partial charge in [-0.25, -0.2) is 4.98 Å². The summed E-state index contributed by atoms with van der Waals surface area (Å²) in [4.78, 5) is 54.7. The molecule has 0 spiro atoms. The highest BCUT2D eigenvalue weighted by Gasteiger charge is 2.37. The summed E-state index contributed by atoms with van der Waals surface area (Å²) < 4.78 is 1.63. The molecule has 2 heterocycles. The van der Waals surface area contributed by atoms with Gasteiger partial charge in [0.15, 0.2) is 0 Å². The number of hydrogen-bond donors (Lipinski definition) is 0. The van der Waals surface area contributed by atoms with Crippen LogP contribution in [0.3, 0.4) is 0 Å². The second kappa shape index (κ2) is 9.40. The number of nitro groups is 1. The van der Waals surface area contributed by atoms with E-state index in [0.717, 1.165) is 19.1 Å². The minimum atomic E-state index is -0.652. The first-order valence-corrected chi connectivity index (χ1v) is 12.1. The highest BCUT2D eigenvalue weighted by Crippen LogP contribution is 2.32. The molecule has 1 aromatic heterocycles. The lowest BCUT2D eigenvalue weighted by Gasteiger charge is -2.18. The molecule has 0 fully saturated rings. The van der Waals surface area contributed by atoms with Crippen molar-refractivity contribution in [2.24, 2.45) is 5.10 Å². The molecule has 1 aliphatic heterocycles. The second-order valence-electron chi connectivity index (χ2n) is 7.65. The topological polar surface area (TPSA) is 126 Å². The lowest BCUT2D eigenvalue weighted by atomic mass is 10.1. The van der Waals surface area contributed by atoms with Crippen LogP contribution < -0.4 is 5.01 Å². The molecule has 0 unspecified atom stereocenters. The largest absolute Gasteiger partial charge is 0.270 e. The third kappa shape index (κ3) is 4.39. The fourth-order valence-electron chi connectivity index (χ4n) is 3.59. The summed E-state index contributed by atoms with van der Waals surface area (Å²) in [6.07, 6.45) is 1.35. The molecule has 0 atom stereocenters. The predicted molar refractivity (Wildman–Crippen MR) is 137 cm³/mol. The molecule has 0 N–H and O–H groups in total. The molecule has 5 rings (SSSR count). The SMILES string of the molecule is O=C1c2ccccc2C(=O)N1CC(=O)N(/N=C/c1ccc([N+](=O)[O-])cc1)c1nc2ccc(Br)cc2s1. The Balaban J connectivity index is 1.47. The van der Waals surface area contributed by atoms with Crippen LogP contribution in [-0.2, 0) is 4.79 Å². The normalized spacial score (nSPS) is 13.0. The molecule has 12 heteroatoms. The number of carbonyl (C=O) groups excluding carboxylic acids is 3. The molecule has 0 aliphatic carbocycles. The Hall–Kier alpha value is -4.29. The Bertz CT molecular complexity index is 1550. The van der Waals surface area contributed by atoms with Crippen molar-refractivity contribution in [2.75, 3.05) is 11.6 Å². The van der Waals surface area contributed by atoms with Crippen LogP contribution in [0.5, 0.6) is 0 Å². The molecule has 178 valence electrons. The number of nitrogens with zero attached hydrogens (tertiary/aromatic N) is 5. The van der Waals surface area contributed by atoms with Gasteiger partial charge in [-0.05, 0) is 48.0 Å². The smallest absolute Gasteiger partial charge is 0.269 e. The fraction of sp³-hybridized carbons (Fsp3) is 0.0417. The highest BCUT2D eigenvalue weighted by molar-refractivity contribution is 9.10. The number of non-ortho nitro benzene ring substituents is 1. The predicted octanol–water partition coefficient (Wildman–Crippen LogP) is 4.63. The van der Waals surface area contributed by atoms with Crippen molar-refractivity contribution >= 4 is 72.2 Å².